The fraction of sp³-hybridized carbons (Fsp3) is 0.875. The number of carbonyl (C=O) groups excluding carboxylic acids is 1. The highest BCUT2D eigenvalue weighted by molar-refractivity contribution is 5.95. The number of rotatable bonds is 0. The Morgan fingerprint density at radius 2 is 2.20 bits per heavy atom. The average molecular weight is 140 g/mol. The Hall–Kier alpha value is -0.370. The monoisotopic (exact) mass is 140 g/mol. The van der Waals surface area contributed by atoms with E-state index in [1.165, 1.54) is 0 Å². The van der Waals surface area contributed by atoms with Gasteiger partial charge in [0.05, 0.1) is 0 Å². The Balaban J connectivity index is 2.35. The minimum absolute atomic E-state index is 0.171. The van der Waals surface area contributed by atoms with Gasteiger partial charge in [0, 0.05) is 18.4 Å². The van der Waals surface area contributed by atoms with E-state index in [-0.39, 0.29) is 11.2 Å². The van der Waals surface area contributed by atoms with Crippen LogP contribution in [0, 0.1) is 5.41 Å². The molecule has 0 aromatic carbocycles. The molecule has 0 amide bonds. The van der Waals surface area contributed by atoms with Crippen LogP contribution in [0.4, 0.5) is 0 Å². The molecule has 10 heavy (non-hydrogen) atoms. The van der Waals surface area contributed by atoms with E-state index in [1.807, 2.05) is 6.92 Å². The van der Waals surface area contributed by atoms with Crippen molar-refractivity contribution >= 4 is 5.78 Å². The second kappa shape index (κ2) is 1.45. The van der Waals surface area contributed by atoms with E-state index < -0.39 is 5.60 Å². The number of hydrogen-bond acceptors (Lipinski definition) is 2. The molecule has 0 N–H and O–H groups in total. The van der Waals surface area contributed by atoms with E-state index >= 15 is 0 Å². The van der Waals surface area contributed by atoms with Gasteiger partial charge in [0.2, 0.25) is 0 Å². The second-order valence-electron chi connectivity index (χ2n) is 3.79. The van der Waals surface area contributed by atoms with Crippen LogP contribution in [0.25, 0.3) is 0 Å². The van der Waals surface area contributed by atoms with Crippen molar-refractivity contribution in [2.24, 2.45) is 5.41 Å². The molecule has 1 aliphatic carbocycles. The highest BCUT2D eigenvalue weighted by Gasteiger charge is 2.63. The van der Waals surface area contributed by atoms with Gasteiger partial charge in [-0.25, -0.2) is 0 Å². The number of ketones is 1. The summed E-state index contributed by atoms with van der Waals surface area (Å²) in [6.45, 7) is 4.83. The quantitative estimate of drug-likeness (QED) is 0.504. The first-order valence-electron chi connectivity index (χ1n) is 3.76. The van der Waals surface area contributed by atoms with Gasteiger partial charge in [-0.2, -0.15) is 0 Å². The van der Waals surface area contributed by atoms with Crippen molar-refractivity contribution in [1.82, 2.24) is 0 Å². The predicted octanol–water partition coefficient (Wildman–Crippen LogP) is 1.14. The number of hydrogen-bond donors (Lipinski definition) is 0. The predicted molar refractivity (Wildman–Crippen MR) is 36.7 cm³/mol. The highest BCUT2D eigenvalue weighted by Crippen LogP contribution is 2.55. The fourth-order valence-electron chi connectivity index (χ4n) is 1.98. The largest absolute Gasteiger partial charge is 0.367 e. The zero-order valence-corrected chi connectivity index (χ0v) is 6.44. The van der Waals surface area contributed by atoms with Crippen LogP contribution in [0.3, 0.4) is 0 Å². The van der Waals surface area contributed by atoms with Crippen LogP contribution in [-0.4, -0.2) is 18.0 Å². The van der Waals surface area contributed by atoms with Crippen LogP contribution in [-0.2, 0) is 9.53 Å². The number of ether oxygens (including phenoxy) is 1. The maximum Gasteiger partial charge on any atom is 0.165 e. The zero-order chi connectivity index (χ0) is 7.41. The van der Waals surface area contributed by atoms with Crippen LogP contribution in [0.2, 0.25) is 0 Å². The van der Waals surface area contributed by atoms with Gasteiger partial charge < -0.3 is 4.74 Å². The fourth-order valence-corrected chi connectivity index (χ4v) is 1.98. The SMILES string of the molecule is C[C@@]12CCO[C@]1(C)C(=O)C2. The van der Waals surface area contributed by atoms with E-state index in [4.69, 9.17) is 4.74 Å². The van der Waals surface area contributed by atoms with Crippen molar-refractivity contribution in [2.45, 2.75) is 32.3 Å². The van der Waals surface area contributed by atoms with Gasteiger partial charge in [-0.1, -0.05) is 6.92 Å². The molecule has 0 bridgehead atoms. The van der Waals surface area contributed by atoms with Gasteiger partial charge in [-0.3, -0.25) is 4.79 Å². The van der Waals surface area contributed by atoms with E-state index in [2.05, 4.69) is 6.92 Å². The Morgan fingerprint density at radius 3 is 2.60 bits per heavy atom. The van der Waals surface area contributed by atoms with E-state index in [0.29, 0.717) is 0 Å². The van der Waals surface area contributed by atoms with Crippen molar-refractivity contribution in [3.63, 3.8) is 0 Å². The third kappa shape index (κ3) is 0.439. The summed E-state index contributed by atoms with van der Waals surface area (Å²) in [4.78, 5) is 11.1. The summed E-state index contributed by atoms with van der Waals surface area (Å²) < 4.78 is 5.41. The van der Waals surface area contributed by atoms with Crippen LogP contribution in [0.15, 0.2) is 0 Å². The molecule has 0 aromatic rings. The summed E-state index contributed by atoms with van der Waals surface area (Å²) in [7, 11) is 0. The smallest absolute Gasteiger partial charge is 0.165 e. The number of Topliss-reactive ketones (excluding diaryl/α,β-unsaturated/α-hetero) is 1. The molecule has 2 atom stereocenters. The van der Waals surface area contributed by atoms with Gasteiger partial charge in [0.15, 0.2) is 5.78 Å². The molecule has 1 heterocycles. The van der Waals surface area contributed by atoms with Crippen LogP contribution < -0.4 is 0 Å². The lowest BCUT2D eigenvalue weighted by molar-refractivity contribution is -0.167. The lowest BCUT2D eigenvalue weighted by Gasteiger charge is -2.47. The third-order valence-electron chi connectivity index (χ3n) is 3.28. The summed E-state index contributed by atoms with van der Waals surface area (Å²) in [6.07, 6.45) is 1.78. The maximum atomic E-state index is 11.1. The molecular formula is C8H12O2. The molecule has 56 valence electrons. The van der Waals surface area contributed by atoms with Gasteiger partial charge in [0.1, 0.15) is 5.60 Å². The summed E-state index contributed by atoms with van der Waals surface area (Å²) in [5.41, 5.74) is -0.239. The van der Waals surface area contributed by atoms with Crippen molar-refractivity contribution in [3.8, 4) is 0 Å². The lowest BCUT2D eigenvalue weighted by Crippen LogP contribution is -2.59. The van der Waals surface area contributed by atoms with E-state index in [1.54, 1.807) is 0 Å². The first-order chi connectivity index (χ1) is 4.58. The first-order valence-corrected chi connectivity index (χ1v) is 3.76. The molecular weight excluding hydrogens is 128 g/mol. The van der Waals surface area contributed by atoms with Gasteiger partial charge in [-0.15, -0.1) is 0 Å². The van der Waals surface area contributed by atoms with Crippen LogP contribution >= 0.6 is 0 Å². The molecule has 0 unspecified atom stereocenters. The van der Waals surface area contributed by atoms with Crippen LogP contribution in [0.1, 0.15) is 26.7 Å². The summed E-state index contributed by atoms with van der Waals surface area (Å²) in [5.74, 6) is 0.285. The van der Waals surface area contributed by atoms with Crippen molar-refractivity contribution in [3.05, 3.63) is 0 Å². The van der Waals surface area contributed by atoms with Crippen LogP contribution in [0.5, 0.6) is 0 Å². The van der Waals surface area contributed by atoms with Crippen molar-refractivity contribution in [1.29, 1.82) is 0 Å². The molecule has 1 saturated carbocycles. The molecule has 2 fully saturated rings. The van der Waals surface area contributed by atoms with E-state index in [0.717, 1.165) is 19.4 Å². The Morgan fingerprint density at radius 1 is 1.50 bits per heavy atom. The zero-order valence-electron chi connectivity index (χ0n) is 6.44. The minimum atomic E-state index is -0.410. The molecule has 0 spiro atoms. The summed E-state index contributed by atoms with van der Waals surface area (Å²) in [6, 6.07) is 0. The maximum absolute atomic E-state index is 11.1. The Kier molecular flexibility index (Phi) is 0.919. The molecule has 1 aliphatic heterocycles. The highest BCUT2D eigenvalue weighted by atomic mass is 16.5. The number of fused-ring (bicyclic) bond motifs is 1. The molecule has 1 saturated heterocycles. The Labute approximate surface area is 60.6 Å². The van der Waals surface area contributed by atoms with Gasteiger partial charge in [-0.05, 0) is 13.3 Å². The van der Waals surface area contributed by atoms with Crippen molar-refractivity contribution in [2.75, 3.05) is 6.61 Å². The average Bonchev–Trinajstić information content (AvgIpc) is 2.07. The van der Waals surface area contributed by atoms with Crippen molar-refractivity contribution < 1.29 is 9.53 Å². The summed E-state index contributed by atoms with van der Waals surface area (Å²) in [5, 5.41) is 0. The third-order valence-corrected chi connectivity index (χ3v) is 3.28. The minimum Gasteiger partial charge on any atom is -0.367 e. The summed E-state index contributed by atoms with van der Waals surface area (Å²) >= 11 is 0. The molecule has 2 aliphatic rings. The van der Waals surface area contributed by atoms with E-state index in [9.17, 15) is 4.79 Å². The standard InChI is InChI=1S/C8H12O2/c1-7-3-4-10-8(7,2)6(9)5-7/h3-5H2,1-2H3/t7-,8+/m0/s1. The topological polar surface area (TPSA) is 26.3 Å². The van der Waals surface area contributed by atoms with Gasteiger partial charge in [0.25, 0.3) is 0 Å². The first kappa shape index (κ1) is 6.35. The second-order valence-corrected chi connectivity index (χ2v) is 3.79. The normalized spacial score (nSPS) is 52.4. The Bertz CT molecular complexity index is 199. The molecule has 2 heteroatoms. The molecule has 0 aromatic heterocycles. The van der Waals surface area contributed by atoms with Gasteiger partial charge >= 0.3 is 0 Å². The lowest BCUT2D eigenvalue weighted by atomic mass is 9.58. The number of carbonyl (C=O) groups is 1. The molecule has 0 radical (unpaired) electrons. The molecule has 2 nitrogen and oxygen atoms in total. The molecule has 2 rings (SSSR count).